The van der Waals surface area contributed by atoms with E-state index in [9.17, 15) is 12.9 Å². The predicted molar refractivity (Wildman–Crippen MR) is 42.0 cm³/mol. The Morgan fingerprint density at radius 1 is 1.25 bits per heavy atom. The van der Waals surface area contributed by atoms with E-state index in [4.69, 9.17) is 4.74 Å². The van der Waals surface area contributed by atoms with Crippen LogP contribution in [0.2, 0.25) is 6.32 Å². The molecule has 0 aliphatic heterocycles. The summed E-state index contributed by atoms with van der Waals surface area (Å²) in [6.07, 6.45) is 1.83. The summed E-state index contributed by atoms with van der Waals surface area (Å²) in [6.45, 7) is -3.68. The van der Waals surface area contributed by atoms with Gasteiger partial charge in [-0.3, -0.25) is 0 Å². The Bertz CT molecular complexity index is 133. The van der Waals surface area contributed by atoms with Gasteiger partial charge in [-0.1, -0.05) is 12.7 Å². The summed E-state index contributed by atoms with van der Waals surface area (Å²) < 4.78 is 40.0. The Balaban J connectivity index is 1.82. The third-order valence-corrected chi connectivity index (χ3v) is 1.87. The van der Waals surface area contributed by atoms with Crippen molar-refractivity contribution in [3.05, 3.63) is 0 Å². The molecule has 0 atom stereocenters. The minimum absolute atomic E-state index is 0.121. The number of halogens is 3. The number of hydrogen-bond acceptors (Lipinski definition) is 1. The van der Waals surface area contributed by atoms with Crippen LogP contribution in [0.15, 0.2) is 0 Å². The van der Waals surface area contributed by atoms with Gasteiger partial charge in [-0.2, -0.15) is 0 Å². The van der Waals surface area contributed by atoms with E-state index in [-0.39, 0.29) is 13.0 Å². The highest BCUT2D eigenvalue weighted by Gasteiger charge is 2.23. The summed E-state index contributed by atoms with van der Waals surface area (Å²) >= 11 is 0. The molecule has 0 amide bonds. The molecule has 0 spiro atoms. The Kier molecular flexibility index (Phi) is 3.44. The molecule has 1 rings (SSSR count). The molecular weight excluding hydrogens is 168 g/mol. The van der Waals surface area contributed by atoms with Gasteiger partial charge in [0.05, 0.1) is 0 Å². The monoisotopic (exact) mass is 181 g/mol. The first kappa shape index (κ1) is 9.90. The molecule has 1 aliphatic carbocycles. The minimum Gasteiger partial charge on any atom is -0.449 e. The lowest BCUT2D eigenvalue weighted by Crippen LogP contribution is -2.15. The van der Waals surface area contributed by atoms with E-state index in [2.05, 4.69) is 0 Å². The van der Waals surface area contributed by atoms with Gasteiger partial charge in [-0.05, 0) is 18.8 Å². The average molecular weight is 181 g/mol. The molecule has 0 heterocycles. The minimum atomic E-state index is -4.60. The van der Waals surface area contributed by atoms with Crippen LogP contribution in [0.25, 0.3) is 0 Å². The summed E-state index contributed by atoms with van der Waals surface area (Å²) in [5.41, 5.74) is 0. The van der Waals surface area contributed by atoms with Crippen molar-refractivity contribution in [1.82, 2.24) is 0 Å². The second-order valence-corrected chi connectivity index (χ2v) is 3.37. The van der Waals surface area contributed by atoms with E-state index in [0.717, 1.165) is 0 Å². The summed E-state index contributed by atoms with van der Waals surface area (Å²) in [4.78, 5) is 0. The SMILES string of the molecule is F[B-](F)(F)CCCOCC1CC1. The van der Waals surface area contributed by atoms with Crippen LogP contribution >= 0.6 is 0 Å². The van der Waals surface area contributed by atoms with Crippen LogP contribution in [0, 0.1) is 5.92 Å². The van der Waals surface area contributed by atoms with Gasteiger partial charge >= 0.3 is 6.98 Å². The van der Waals surface area contributed by atoms with Crippen LogP contribution < -0.4 is 0 Å². The van der Waals surface area contributed by atoms with Gasteiger partial charge in [0.2, 0.25) is 0 Å². The highest BCUT2D eigenvalue weighted by atomic mass is 19.4. The van der Waals surface area contributed by atoms with Gasteiger partial charge in [0.15, 0.2) is 0 Å². The molecule has 12 heavy (non-hydrogen) atoms. The van der Waals surface area contributed by atoms with Crippen molar-refractivity contribution >= 4 is 6.98 Å². The second-order valence-electron chi connectivity index (χ2n) is 3.37. The molecular formula is C7H13BF3O-. The Labute approximate surface area is 70.3 Å². The molecule has 0 saturated heterocycles. The molecule has 0 aromatic heterocycles. The highest BCUT2D eigenvalue weighted by Crippen LogP contribution is 2.28. The quantitative estimate of drug-likeness (QED) is 0.452. The van der Waals surface area contributed by atoms with E-state index >= 15 is 0 Å². The molecule has 1 saturated carbocycles. The molecule has 0 unspecified atom stereocenters. The van der Waals surface area contributed by atoms with Crippen molar-refractivity contribution < 1.29 is 17.7 Å². The van der Waals surface area contributed by atoms with E-state index in [1.165, 1.54) is 12.8 Å². The van der Waals surface area contributed by atoms with Crippen molar-refractivity contribution in [3.8, 4) is 0 Å². The van der Waals surface area contributed by atoms with Gasteiger partial charge in [0.25, 0.3) is 0 Å². The van der Waals surface area contributed by atoms with Crippen molar-refractivity contribution in [1.29, 1.82) is 0 Å². The topological polar surface area (TPSA) is 9.23 Å². The van der Waals surface area contributed by atoms with Gasteiger partial charge in [0.1, 0.15) is 0 Å². The van der Waals surface area contributed by atoms with Gasteiger partial charge in [0, 0.05) is 13.2 Å². The third-order valence-electron chi connectivity index (χ3n) is 1.87. The highest BCUT2D eigenvalue weighted by molar-refractivity contribution is 6.58. The number of hydrogen-bond donors (Lipinski definition) is 0. The molecule has 5 heteroatoms. The summed E-state index contributed by atoms with van der Waals surface area (Å²) in [7, 11) is 0. The zero-order valence-corrected chi connectivity index (χ0v) is 6.94. The summed E-state index contributed by atoms with van der Waals surface area (Å²) in [6, 6.07) is 0. The molecule has 1 aliphatic rings. The zero-order valence-electron chi connectivity index (χ0n) is 6.94. The maximum Gasteiger partial charge on any atom is 0.478 e. The molecule has 0 N–H and O–H groups in total. The van der Waals surface area contributed by atoms with E-state index in [1.54, 1.807) is 0 Å². The average Bonchev–Trinajstić information content (AvgIpc) is 2.68. The number of rotatable bonds is 6. The Morgan fingerprint density at radius 3 is 2.42 bits per heavy atom. The first-order valence-corrected chi connectivity index (χ1v) is 4.36. The molecule has 1 fully saturated rings. The molecule has 0 aromatic carbocycles. The van der Waals surface area contributed by atoms with Crippen molar-refractivity contribution in [2.45, 2.75) is 25.6 Å². The van der Waals surface area contributed by atoms with E-state index in [1.807, 2.05) is 0 Å². The fraction of sp³-hybridized carbons (Fsp3) is 1.00. The predicted octanol–water partition coefficient (Wildman–Crippen LogP) is 2.65. The first-order valence-electron chi connectivity index (χ1n) is 4.36. The van der Waals surface area contributed by atoms with Gasteiger partial charge in [-0.25, -0.2) is 0 Å². The maximum atomic E-state index is 11.7. The van der Waals surface area contributed by atoms with Crippen molar-refractivity contribution in [2.75, 3.05) is 13.2 Å². The fourth-order valence-electron chi connectivity index (χ4n) is 0.951. The largest absolute Gasteiger partial charge is 0.478 e. The second kappa shape index (κ2) is 4.17. The number of ether oxygens (including phenoxy) is 1. The maximum absolute atomic E-state index is 11.7. The molecule has 1 nitrogen and oxygen atoms in total. The molecule has 0 radical (unpaired) electrons. The fourth-order valence-corrected chi connectivity index (χ4v) is 0.951. The van der Waals surface area contributed by atoms with Crippen LogP contribution in [0.5, 0.6) is 0 Å². The normalized spacial score (nSPS) is 18.2. The third kappa shape index (κ3) is 5.46. The zero-order chi connectivity index (χ0) is 9.03. The van der Waals surface area contributed by atoms with Crippen LogP contribution in [0.3, 0.4) is 0 Å². The van der Waals surface area contributed by atoms with Gasteiger partial charge in [-0.15, -0.1) is 0 Å². The lowest BCUT2D eigenvalue weighted by Gasteiger charge is -2.12. The molecule has 0 bridgehead atoms. The lowest BCUT2D eigenvalue weighted by atomic mass is 9.85. The smallest absolute Gasteiger partial charge is 0.449 e. The van der Waals surface area contributed by atoms with E-state index in [0.29, 0.717) is 12.5 Å². The molecule has 0 aromatic rings. The lowest BCUT2D eigenvalue weighted by molar-refractivity contribution is 0.123. The van der Waals surface area contributed by atoms with Gasteiger partial charge < -0.3 is 17.7 Å². The Hall–Kier alpha value is -0.185. The van der Waals surface area contributed by atoms with E-state index < -0.39 is 13.3 Å². The Morgan fingerprint density at radius 2 is 1.92 bits per heavy atom. The van der Waals surface area contributed by atoms with Crippen LogP contribution in [0.1, 0.15) is 19.3 Å². The standard InChI is InChI=1S/C7H13BF3O/c9-8(10,11)4-1-5-12-6-7-2-3-7/h7H,1-6H2/q-1. The van der Waals surface area contributed by atoms with Crippen LogP contribution in [-0.2, 0) is 4.74 Å². The van der Waals surface area contributed by atoms with Crippen LogP contribution in [0.4, 0.5) is 12.9 Å². The van der Waals surface area contributed by atoms with Crippen molar-refractivity contribution in [2.24, 2.45) is 5.92 Å². The summed E-state index contributed by atoms with van der Waals surface area (Å²) in [5, 5.41) is 0. The van der Waals surface area contributed by atoms with Crippen molar-refractivity contribution in [3.63, 3.8) is 0 Å². The molecule has 72 valence electrons. The first-order chi connectivity index (χ1) is 5.58. The van der Waals surface area contributed by atoms with Crippen LogP contribution in [-0.4, -0.2) is 20.2 Å². The summed E-state index contributed by atoms with van der Waals surface area (Å²) in [5.74, 6) is 0.640.